The Kier molecular flexibility index (Phi) is 7.24. The Hall–Kier alpha value is -2.07. The molecule has 4 heteroatoms. The maximum atomic E-state index is 12.5. The SMILES string of the molecule is C=C1CC[C@@H]2C(C)(C)[C@H](O)CC[C@@]2(C)[C@@H]1CC/C(C)=C/C(=O)Nc1ccc(N(C)C)cc1. The number of aliphatic hydroxyl groups excluding tert-OH is 1. The highest BCUT2D eigenvalue weighted by atomic mass is 16.3. The molecule has 1 aromatic rings. The summed E-state index contributed by atoms with van der Waals surface area (Å²) in [5, 5.41) is 13.6. The standard InChI is InChI=1S/C28H42N2O2/c1-19(18-26(32)29-21-10-12-22(13-11-21)30(6)7)8-14-23-20(2)9-15-24-27(3,4)25(31)16-17-28(23,24)5/h10-13,18,23-25,31H,2,8-9,14-17H2,1,3-7H3,(H,29,32)/b19-18+/t23-,24-,25-,28+/m1/s1. The molecule has 2 fully saturated rings. The molecule has 2 aliphatic rings. The van der Waals surface area contributed by atoms with Gasteiger partial charge < -0.3 is 15.3 Å². The van der Waals surface area contributed by atoms with Crippen LogP contribution in [0.25, 0.3) is 0 Å². The van der Waals surface area contributed by atoms with Crippen molar-refractivity contribution in [2.24, 2.45) is 22.7 Å². The molecule has 0 radical (unpaired) electrons. The summed E-state index contributed by atoms with van der Waals surface area (Å²) in [7, 11) is 4.00. The topological polar surface area (TPSA) is 52.6 Å². The minimum Gasteiger partial charge on any atom is -0.393 e. The Bertz CT molecular complexity index is 868. The summed E-state index contributed by atoms with van der Waals surface area (Å²) in [6, 6.07) is 7.87. The van der Waals surface area contributed by atoms with Gasteiger partial charge in [-0.15, -0.1) is 0 Å². The largest absolute Gasteiger partial charge is 0.393 e. The lowest BCUT2D eigenvalue weighted by Gasteiger charge is -2.59. The van der Waals surface area contributed by atoms with Crippen LogP contribution in [0.2, 0.25) is 0 Å². The Balaban J connectivity index is 1.63. The lowest BCUT2D eigenvalue weighted by Crippen LogP contribution is -2.54. The zero-order valence-electron chi connectivity index (χ0n) is 20.9. The van der Waals surface area contributed by atoms with Gasteiger partial charge in [-0.05, 0) is 92.4 Å². The first-order valence-electron chi connectivity index (χ1n) is 12.1. The number of allylic oxidation sites excluding steroid dienone is 2. The number of hydrogen-bond donors (Lipinski definition) is 2. The van der Waals surface area contributed by atoms with E-state index in [4.69, 9.17) is 0 Å². The zero-order chi connectivity index (χ0) is 23.7. The lowest BCUT2D eigenvalue weighted by atomic mass is 9.46. The van der Waals surface area contributed by atoms with E-state index in [1.54, 1.807) is 6.08 Å². The van der Waals surface area contributed by atoms with Gasteiger partial charge in [-0.25, -0.2) is 0 Å². The first-order valence-corrected chi connectivity index (χ1v) is 12.1. The number of amides is 1. The third kappa shape index (κ3) is 4.96. The van der Waals surface area contributed by atoms with Crippen LogP contribution in [0.4, 0.5) is 11.4 Å². The summed E-state index contributed by atoms with van der Waals surface area (Å²) in [4.78, 5) is 14.6. The number of hydrogen-bond acceptors (Lipinski definition) is 3. The number of carbonyl (C=O) groups excluding carboxylic acids is 1. The fraction of sp³-hybridized carbons (Fsp3) is 0.607. The van der Waals surface area contributed by atoms with Crippen molar-refractivity contribution in [2.45, 2.75) is 72.3 Å². The van der Waals surface area contributed by atoms with E-state index in [1.807, 2.05) is 43.3 Å². The minimum absolute atomic E-state index is 0.0567. The molecular weight excluding hydrogens is 396 g/mol. The van der Waals surface area contributed by atoms with E-state index in [0.717, 1.165) is 55.5 Å². The number of anilines is 2. The first-order chi connectivity index (χ1) is 14.9. The summed E-state index contributed by atoms with van der Waals surface area (Å²) in [5.41, 5.74) is 4.49. The van der Waals surface area contributed by atoms with Crippen molar-refractivity contribution in [1.29, 1.82) is 0 Å². The summed E-state index contributed by atoms with van der Waals surface area (Å²) >= 11 is 0. The van der Waals surface area contributed by atoms with Gasteiger partial charge in [0.1, 0.15) is 0 Å². The average Bonchev–Trinajstić information content (AvgIpc) is 2.71. The molecule has 1 amide bonds. The molecule has 2 aliphatic carbocycles. The van der Waals surface area contributed by atoms with Crippen LogP contribution in [-0.2, 0) is 4.79 Å². The van der Waals surface area contributed by atoms with E-state index in [2.05, 4.69) is 39.6 Å². The van der Waals surface area contributed by atoms with Crippen molar-refractivity contribution in [1.82, 2.24) is 0 Å². The van der Waals surface area contributed by atoms with Crippen LogP contribution in [-0.4, -0.2) is 31.2 Å². The molecule has 0 unspecified atom stereocenters. The van der Waals surface area contributed by atoms with Crippen LogP contribution >= 0.6 is 0 Å². The maximum Gasteiger partial charge on any atom is 0.248 e. The number of aliphatic hydroxyl groups is 1. The number of rotatable bonds is 6. The molecule has 3 rings (SSSR count). The number of carbonyl (C=O) groups is 1. The molecule has 0 aromatic heterocycles. The molecule has 0 bridgehead atoms. The Morgan fingerprint density at radius 3 is 2.50 bits per heavy atom. The Morgan fingerprint density at radius 2 is 1.88 bits per heavy atom. The van der Waals surface area contributed by atoms with Gasteiger partial charge in [0.2, 0.25) is 5.91 Å². The molecule has 0 aliphatic heterocycles. The fourth-order valence-electron chi connectivity index (χ4n) is 6.39. The second-order valence-corrected chi connectivity index (χ2v) is 11.1. The van der Waals surface area contributed by atoms with Crippen LogP contribution in [0.3, 0.4) is 0 Å². The van der Waals surface area contributed by atoms with Gasteiger partial charge in [0.15, 0.2) is 0 Å². The van der Waals surface area contributed by atoms with Gasteiger partial charge in [0.25, 0.3) is 0 Å². The van der Waals surface area contributed by atoms with Crippen molar-refractivity contribution >= 4 is 17.3 Å². The Labute approximate surface area is 194 Å². The first kappa shape index (κ1) is 24.6. The van der Waals surface area contributed by atoms with E-state index in [9.17, 15) is 9.90 Å². The highest BCUT2D eigenvalue weighted by Gasteiger charge is 2.55. The number of fused-ring (bicyclic) bond motifs is 1. The molecule has 1 aromatic carbocycles. The second kappa shape index (κ2) is 9.43. The molecule has 4 atom stereocenters. The predicted molar refractivity (Wildman–Crippen MR) is 135 cm³/mol. The summed E-state index contributed by atoms with van der Waals surface area (Å²) in [6.07, 6.45) is 7.52. The summed E-state index contributed by atoms with van der Waals surface area (Å²) < 4.78 is 0. The molecule has 0 saturated heterocycles. The molecular formula is C28H42N2O2. The van der Waals surface area contributed by atoms with E-state index in [1.165, 1.54) is 5.57 Å². The van der Waals surface area contributed by atoms with Crippen LogP contribution in [0.1, 0.15) is 66.2 Å². The summed E-state index contributed by atoms with van der Waals surface area (Å²) in [5.74, 6) is 0.874. The second-order valence-electron chi connectivity index (χ2n) is 11.1. The van der Waals surface area contributed by atoms with Crippen LogP contribution in [0, 0.1) is 22.7 Å². The highest BCUT2D eigenvalue weighted by Crippen LogP contribution is 2.61. The molecule has 0 heterocycles. The van der Waals surface area contributed by atoms with Crippen LogP contribution in [0.5, 0.6) is 0 Å². The molecule has 2 N–H and O–H groups in total. The van der Waals surface area contributed by atoms with Crippen molar-refractivity contribution < 1.29 is 9.90 Å². The molecule has 176 valence electrons. The maximum absolute atomic E-state index is 12.5. The smallest absolute Gasteiger partial charge is 0.248 e. The average molecular weight is 439 g/mol. The van der Waals surface area contributed by atoms with E-state index < -0.39 is 0 Å². The third-order valence-corrected chi connectivity index (χ3v) is 8.41. The summed E-state index contributed by atoms with van der Waals surface area (Å²) in [6.45, 7) is 13.4. The van der Waals surface area contributed by atoms with E-state index in [0.29, 0.717) is 11.8 Å². The normalized spacial score (nSPS) is 29.9. The molecule has 2 saturated carbocycles. The number of nitrogens with one attached hydrogen (secondary N) is 1. The number of nitrogens with zero attached hydrogens (tertiary/aromatic N) is 1. The van der Waals surface area contributed by atoms with Crippen molar-refractivity contribution in [3.05, 3.63) is 48.1 Å². The van der Waals surface area contributed by atoms with Crippen LogP contribution in [0.15, 0.2) is 48.1 Å². The van der Waals surface area contributed by atoms with Gasteiger partial charge in [-0.1, -0.05) is 38.5 Å². The zero-order valence-corrected chi connectivity index (χ0v) is 20.9. The fourth-order valence-corrected chi connectivity index (χ4v) is 6.39. The minimum atomic E-state index is -0.218. The van der Waals surface area contributed by atoms with Crippen molar-refractivity contribution in [3.63, 3.8) is 0 Å². The monoisotopic (exact) mass is 438 g/mol. The van der Waals surface area contributed by atoms with Gasteiger partial charge in [0, 0.05) is 31.5 Å². The molecule has 0 spiro atoms. The lowest BCUT2D eigenvalue weighted by molar-refractivity contribution is -0.124. The van der Waals surface area contributed by atoms with Gasteiger partial charge >= 0.3 is 0 Å². The molecule has 4 nitrogen and oxygen atoms in total. The molecule has 32 heavy (non-hydrogen) atoms. The van der Waals surface area contributed by atoms with E-state index in [-0.39, 0.29) is 22.8 Å². The highest BCUT2D eigenvalue weighted by molar-refractivity contribution is 5.99. The number of benzene rings is 1. The van der Waals surface area contributed by atoms with Crippen LogP contribution < -0.4 is 10.2 Å². The van der Waals surface area contributed by atoms with Crippen molar-refractivity contribution in [3.8, 4) is 0 Å². The predicted octanol–water partition coefficient (Wildman–Crippen LogP) is 6.19. The van der Waals surface area contributed by atoms with Gasteiger partial charge in [0.05, 0.1) is 6.10 Å². The third-order valence-electron chi connectivity index (χ3n) is 8.41. The van der Waals surface area contributed by atoms with E-state index >= 15 is 0 Å². The van der Waals surface area contributed by atoms with Crippen molar-refractivity contribution in [2.75, 3.05) is 24.3 Å². The quantitative estimate of drug-likeness (QED) is 0.411. The van der Waals surface area contributed by atoms with Gasteiger partial charge in [-0.2, -0.15) is 0 Å². The van der Waals surface area contributed by atoms with Gasteiger partial charge in [-0.3, -0.25) is 4.79 Å². The Morgan fingerprint density at radius 1 is 1.22 bits per heavy atom.